The van der Waals surface area contributed by atoms with Crippen LogP contribution in [-0.4, -0.2) is 58.4 Å². The van der Waals surface area contributed by atoms with E-state index >= 15 is 0 Å². The van der Waals surface area contributed by atoms with Gasteiger partial charge in [0.05, 0.1) is 16.1 Å². The summed E-state index contributed by atoms with van der Waals surface area (Å²) in [6, 6.07) is 19.9. The van der Waals surface area contributed by atoms with Crippen molar-refractivity contribution < 1.29 is 22.7 Å². The molecule has 1 amide bonds. The maximum absolute atomic E-state index is 13.7. The summed E-state index contributed by atoms with van der Waals surface area (Å²) < 4.78 is 45.0. The van der Waals surface area contributed by atoms with Gasteiger partial charge in [0.1, 0.15) is 29.5 Å². The van der Waals surface area contributed by atoms with E-state index in [9.17, 15) is 18.0 Å². The molecule has 0 bridgehead atoms. The Labute approximate surface area is 269 Å². The summed E-state index contributed by atoms with van der Waals surface area (Å²) in [5.41, 5.74) is 2.29. The number of amides is 1. The van der Waals surface area contributed by atoms with Crippen LogP contribution in [0.5, 0.6) is 11.5 Å². The second kappa shape index (κ2) is 13.4. The van der Waals surface area contributed by atoms with Crippen molar-refractivity contribution in [2.75, 3.05) is 37.3 Å². The minimum absolute atomic E-state index is 0.0124. The van der Waals surface area contributed by atoms with E-state index in [4.69, 9.17) is 16.3 Å². The number of hydrogen-bond donors (Lipinski definition) is 2. The van der Waals surface area contributed by atoms with Crippen LogP contribution in [0.1, 0.15) is 29.5 Å². The molecule has 0 radical (unpaired) electrons. The van der Waals surface area contributed by atoms with Crippen LogP contribution in [0.4, 0.5) is 30.5 Å². The topological polar surface area (TPSA) is 82.6 Å². The lowest BCUT2D eigenvalue weighted by Gasteiger charge is -2.26. The third kappa shape index (κ3) is 7.27. The number of benzene rings is 3. The molecule has 0 saturated carbocycles. The lowest BCUT2D eigenvalue weighted by molar-refractivity contribution is -0.137. The Hall–Kier alpha value is -4.61. The number of carbonyl (C=O) groups is 1. The van der Waals surface area contributed by atoms with Gasteiger partial charge in [-0.25, -0.2) is 9.97 Å². The largest absolute Gasteiger partial charge is 0.456 e. The van der Waals surface area contributed by atoms with Crippen molar-refractivity contribution in [3.05, 3.63) is 106 Å². The van der Waals surface area contributed by atoms with E-state index in [0.29, 0.717) is 41.4 Å². The van der Waals surface area contributed by atoms with Crippen LogP contribution >= 0.6 is 11.6 Å². The van der Waals surface area contributed by atoms with E-state index in [-0.39, 0.29) is 28.5 Å². The van der Waals surface area contributed by atoms with Gasteiger partial charge >= 0.3 is 6.18 Å². The van der Waals surface area contributed by atoms with Crippen LogP contribution in [0.3, 0.4) is 0 Å². The molecule has 238 valence electrons. The Kier molecular flexibility index (Phi) is 9.14. The minimum Gasteiger partial charge on any atom is -0.456 e. The average molecular weight is 649 g/mol. The Morgan fingerprint density at radius 3 is 2.72 bits per heavy atom. The standard InChI is InChI=1S/C34H32ClF3N6O2/c1-43(26-13-15-44(20-26)19-22-6-3-2-4-7-22)33(45)23-12-14-39-31-28(16-23)32(41-21-40-31)42-25-10-11-30(29(35)18-25)46-27-9-5-8-24(17-27)34(36,37)38/h2-11,16-18,21,26H,12-15,19-20H2,1H3,(H2,39,40,41,42). The number of likely N-dealkylation sites (tertiary alicyclic amines) is 1. The molecule has 2 aliphatic heterocycles. The van der Waals surface area contributed by atoms with Gasteiger partial charge in [0.25, 0.3) is 0 Å². The van der Waals surface area contributed by atoms with Crippen LogP contribution in [0.15, 0.2) is 84.7 Å². The number of anilines is 3. The second-order valence-electron chi connectivity index (χ2n) is 11.3. The van der Waals surface area contributed by atoms with Crippen molar-refractivity contribution in [3.63, 3.8) is 0 Å². The van der Waals surface area contributed by atoms with E-state index in [1.165, 1.54) is 24.0 Å². The first-order valence-corrected chi connectivity index (χ1v) is 15.3. The minimum atomic E-state index is -4.49. The summed E-state index contributed by atoms with van der Waals surface area (Å²) in [7, 11) is 1.87. The number of rotatable bonds is 8. The molecule has 3 heterocycles. The summed E-state index contributed by atoms with van der Waals surface area (Å²) in [5.74, 6) is 1.23. The quantitative estimate of drug-likeness (QED) is 0.203. The molecule has 2 N–H and O–H groups in total. The molecule has 1 aromatic heterocycles. The highest BCUT2D eigenvalue weighted by Gasteiger charge is 2.31. The van der Waals surface area contributed by atoms with Gasteiger partial charge in [-0.05, 0) is 60.9 Å². The lowest BCUT2D eigenvalue weighted by Crippen LogP contribution is -2.39. The molecule has 3 aromatic carbocycles. The predicted octanol–water partition coefficient (Wildman–Crippen LogP) is 7.62. The zero-order valence-electron chi connectivity index (χ0n) is 25.0. The van der Waals surface area contributed by atoms with Crippen LogP contribution in [-0.2, 0) is 17.5 Å². The van der Waals surface area contributed by atoms with Crippen molar-refractivity contribution in [2.24, 2.45) is 0 Å². The first-order valence-electron chi connectivity index (χ1n) is 14.9. The Morgan fingerprint density at radius 1 is 1.11 bits per heavy atom. The molecule has 1 atom stereocenters. The van der Waals surface area contributed by atoms with Gasteiger partial charge in [-0.3, -0.25) is 9.69 Å². The summed E-state index contributed by atoms with van der Waals surface area (Å²) >= 11 is 6.46. The van der Waals surface area contributed by atoms with E-state index in [1.54, 1.807) is 18.2 Å². The molecule has 46 heavy (non-hydrogen) atoms. The molecule has 0 spiro atoms. The fraction of sp³-hybridized carbons (Fsp3) is 0.265. The van der Waals surface area contributed by atoms with Crippen molar-refractivity contribution in [1.82, 2.24) is 19.8 Å². The lowest BCUT2D eigenvalue weighted by atomic mass is 10.1. The maximum atomic E-state index is 13.7. The van der Waals surface area contributed by atoms with Crippen molar-refractivity contribution in [2.45, 2.75) is 31.6 Å². The van der Waals surface area contributed by atoms with E-state index in [1.807, 2.05) is 36.2 Å². The number of halogens is 4. The molecule has 2 aliphatic rings. The third-order valence-corrected chi connectivity index (χ3v) is 8.41. The maximum Gasteiger partial charge on any atom is 0.416 e. The first kappa shape index (κ1) is 31.4. The van der Waals surface area contributed by atoms with Crippen LogP contribution in [0.25, 0.3) is 6.08 Å². The third-order valence-electron chi connectivity index (χ3n) is 8.11. The van der Waals surface area contributed by atoms with Gasteiger partial charge in [0.2, 0.25) is 5.91 Å². The molecule has 1 fully saturated rings. The molecule has 0 aliphatic carbocycles. The number of carbonyl (C=O) groups excluding carboxylic acids is 1. The fourth-order valence-corrected chi connectivity index (χ4v) is 5.89. The highest BCUT2D eigenvalue weighted by atomic mass is 35.5. The first-order chi connectivity index (χ1) is 22.1. The van der Waals surface area contributed by atoms with Gasteiger partial charge in [-0.2, -0.15) is 13.2 Å². The van der Waals surface area contributed by atoms with Crippen LogP contribution in [0.2, 0.25) is 5.02 Å². The van der Waals surface area contributed by atoms with Crippen LogP contribution < -0.4 is 15.4 Å². The van der Waals surface area contributed by atoms with Crippen molar-refractivity contribution in [3.8, 4) is 11.5 Å². The summed E-state index contributed by atoms with van der Waals surface area (Å²) in [4.78, 5) is 26.8. The van der Waals surface area contributed by atoms with Crippen molar-refractivity contribution >= 4 is 40.9 Å². The number of hydrogen-bond acceptors (Lipinski definition) is 7. The Morgan fingerprint density at radius 2 is 1.93 bits per heavy atom. The van der Waals surface area contributed by atoms with Gasteiger partial charge in [-0.15, -0.1) is 0 Å². The normalized spacial score (nSPS) is 16.5. The molecule has 8 nitrogen and oxygen atoms in total. The molecule has 1 unspecified atom stereocenters. The molecular weight excluding hydrogens is 617 g/mol. The number of nitrogens with one attached hydrogen (secondary N) is 2. The summed E-state index contributed by atoms with van der Waals surface area (Å²) in [6.07, 6.45) is 0.192. The van der Waals surface area contributed by atoms with Gasteiger partial charge < -0.3 is 20.3 Å². The number of fused-ring (bicyclic) bond motifs is 1. The molecular formula is C34H32ClF3N6O2. The monoisotopic (exact) mass is 648 g/mol. The van der Waals surface area contributed by atoms with E-state index in [0.717, 1.165) is 38.2 Å². The van der Waals surface area contributed by atoms with Crippen LogP contribution in [0, 0.1) is 0 Å². The second-order valence-corrected chi connectivity index (χ2v) is 11.7. The molecule has 12 heteroatoms. The SMILES string of the molecule is CN(C(=O)C1=Cc2c(ncnc2Nc2ccc(Oc3cccc(C(F)(F)F)c3)c(Cl)c2)NCC1)C1CCN(Cc2ccccc2)C1. The zero-order valence-corrected chi connectivity index (χ0v) is 25.8. The zero-order chi connectivity index (χ0) is 32.3. The number of ether oxygens (including phenoxy) is 1. The van der Waals surface area contributed by atoms with Crippen molar-refractivity contribution in [1.29, 1.82) is 0 Å². The van der Waals surface area contributed by atoms with Gasteiger partial charge in [0.15, 0.2) is 0 Å². The average Bonchev–Trinajstić information content (AvgIpc) is 3.39. The fourth-order valence-electron chi connectivity index (χ4n) is 5.67. The molecule has 1 saturated heterocycles. The number of likely N-dealkylation sites (N-methyl/N-ethyl adjacent to an activating group) is 1. The molecule has 6 rings (SSSR count). The number of aromatic nitrogens is 2. The number of alkyl halides is 3. The summed E-state index contributed by atoms with van der Waals surface area (Å²) in [6.45, 7) is 3.12. The van der Waals surface area contributed by atoms with E-state index < -0.39 is 11.7 Å². The highest BCUT2D eigenvalue weighted by Crippen LogP contribution is 2.37. The summed E-state index contributed by atoms with van der Waals surface area (Å²) in [5, 5.41) is 6.72. The predicted molar refractivity (Wildman–Crippen MR) is 172 cm³/mol. The van der Waals surface area contributed by atoms with Gasteiger partial charge in [0, 0.05) is 50.5 Å². The Balaban J connectivity index is 1.16. The smallest absolute Gasteiger partial charge is 0.416 e. The van der Waals surface area contributed by atoms with Gasteiger partial charge in [-0.1, -0.05) is 48.0 Å². The Bertz CT molecular complexity index is 1750. The molecule has 4 aromatic rings. The number of nitrogens with zero attached hydrogens (tertiary/aromatic N) is 4. The highest BCUT2D eigenvalue weighted by molar-refractivity contribution is 6.32. The van der Waals surface area contributed by atoms with E-state index in [2.05, 4.69) is 37.6 Å².